The third-order valence-corrected chi connectivity index (χ3v) is 4.32. The van der Waals surface area contributed by atoms with Crippen LogP contribution in [0.15, 0.2) is 35.9 Å². The summed E-state index contributed by atoms with van der Waals surface area (Å²) in [6.45, 7) is 7.08. The van der Waals surface area contributed by atoms with Crippen LogP contribution in [0.3, 0.4) is 0 Å². The number of allylic oxidation sites excluding steroid dienone is 2. The van der Waals surface area contributed by atoms with E-state index >= 15 is 0 Å². The quantitative estimate of drug-likeness (QED) is 0.692. The normalized spacial score (nSPS) is 20.0. The topological polar surface area (TPSA) is 9.23 Å². The Morgan fingerprint density at radius 3 is 2.32 bits per heavy atom. The summed E-state index contributed by atoms with van der Waals surface area (Å²) in [6.07, 6.45) is 7.42. The number of hydrogen-bond donors (Lipinski definition) is 0. The Kier molecular flexibility index (Phi) is 4.34. The molecule has 0 fully saturated rings. The van der Waals surface area contributed by atoms with Crippen molar-refractivity contribution in [3.8, 4) is 5.75 Å². The molecule has 1 heteroatoms. The van der Waals surface area contributed by atoms with Crippen molar-refractivity contribution >= 4 is 0 Å². The molecule has 0 saturated carbocycles. The summed E-state index contributed by atoms with van der Waals surface area (Å²) < 4.78 is 5.20. The van der Waals surface area contributed by atoms with Gasteiger partial charge in [0.15, 0.2) is 0 Å². The average Bonchev–Trinajstić information content (AvgIpc) is 2.39. The largest absolute Gasteiger partial charge is 0.497 e. The molecule has 1 aromatic rings. The van der Waals surface area contributed by atoms with Gasteiger partial charge in [-0.1, -0.05) is 44.6 Å². The Balaban J connectivity index is 1.95. The minimum absolute atomic E-state index is 0.447. The van der Waals surface area contributed by atoms with Crippen LogP contribution < -0.4 is 4.74 Å². The summed E-state index contributed by atoms with van der Waals surface area (Å²) in [5.74, 6) is 1.78. The minimum Gasteiger partial charge on any atom is -0.497 e. The van der Waals surface area contributed by atoms with E-state index in [4.69, 9.17) is 4.74 Å². The highest BCUT2D eigenvalue weighted by molar-refractivity contribution is 5.30. The smallest absolute Gasteiger partial charge is 0.118 e. The molecule has 0 N–H and O–H groups in total. The highest BCUT2D eigenvalue weighted by atomic mass is 16.5. The van der Waals surface area contributed by atoms with Gasteiger partial charge in [-0.05, 0) is 54.7 Å². The molecule has 19 heavy (non-hydrogen) atoms. The maximum absolute atomic E-state index is 5.20. The van der Waals surface area contributed by atoms with Crippen molar-refractivity contribution < 1.29 is 4.74 Å². The van der Waals surface area contributed by atoms with Gasteiger partial charge in [-0.2, -0.15) is 0 Å². The Morgan fingerprint density at radius 1 is 1.16 bits per heavy atom. The monoisotopic (exact) mass is 258 g/mol. The summed E-state index contributed by atoms with van der Waals surface area (Å²) in [5.41, 5.74) is 3.44. The van der Waals surface area contributed by atoms with Crippen LogP contribution in [0.1, 0.15) is 45.6 Å². The molecule has 1 aliphatic rings. The Bertz CT molecular complexity index is 434. The van der Waals surface area contributed by atoms with Gasteiger partial charge in [-0.25, -0.2) is 0 Å². The van der Waals surface area contributed by atoms with Crippen LogP contribution in [0.25, 0.3) is 0 Å². The molecule has 0 spiro atoms. The van der Waals surface area contributed by atoms with Gasteiger partial charge >= 0.3 is 0 Å². The molecule has 2 rings (SSSR count). The Labute approximate surface area is 117 Å². The molecule has 1 aromatic carbocycles. The van der Waals surface area contributed by atoms with E-state index in [1.807, 2.05) is 0 Å². The van der Waals surface area contributed by atoms with Crippen molar-refractivity contribution in [1.82, 2.24) is 0 Å². The van der Waals surface area contributed by atoms with Gasteiger partial charge in [0.2, 0.25) is 0 Å². The van der Waals surface area contributed by atoms with Crippen molar-refractivity contribution in [3.63, 3.8) is 0 Å². The summed E-state index contributed by atoms with van der Waals surface area (Å²) in [4.78, 5) is 0. The molecule has 0 bridgehead atoms. The lowest BCUT2D eigenvalue weighted by atomic mass is 9.72. The minimum atomic E-state index is 0.447. The van der Waals surface area contributed by atoms with Gasteiger partial charge in [0.25, 0.3) is 0 Å². The van der Waals surface area contributed by atoms with E-state index in [0.717, 1.165) is 18.1 Å². The maximum atomic E-state index is 5.20. The van der Waals surface area contributed by atoms with Gasteiger partial charge in [-0.3, -0.25) is 0 Å². The summed E-state index contributed by atoms with van der Waals surface area (Å²) in [5, 5.41) is 0. The SMILES string of the molecule is COc1ccc(CC2=CCC(C(C)(C)C)CC2)cc1. The van der Waals surface area contributed by atoms with E-state index in [1.165, 1.54) is 24.8 Å². The Hall–Kier alpha value is -1.24. The van der Waals surface area contributed by atoms with E-state index in [9.17, 15) is 0 Å². The van der Waals surface area contributed by atoms with Crippen molar-refractivity contribution in [2.75, 3.05) is 7.11 Å². The van der Waals surface area contributed by atoms with Crippen LogP contribution in [0.2, 0.25) is 0 Å². The highest BCUT2D eigenvalue weighted by Gasteiger charge is 2.25. The molecule has 1 atom stereocenters. The van der Waals surface area contributed by atoms with Crippen LogP contribution in [0.4, 0.5) is 0 Å². The second kappa shape index (κ2) is 5.81. The first kappa shape index (κ1) is 14.2. The van der Waals surface area contributed by atoms with E-state index in [-0.39, 0.29) is 0 Å². The van der Waals surface area contributed by atoms with Crippen LogP contribution in [0, 0.1) is 11.3 Å². The summed E-state index contributed by atoms with van der Waals surface area (Å²) in [7, 11) is 1.71. The predicted molar refractivity (Wildman–Crippen MR) is 81.6 cm³/mol. The first-order valence-electron chi connectivity index (χ1n) is 7.30. The van der Waals surface area contributed by atoms with E-state index in [2.05, 4.69) is 51.1 Å². The molecule has 0 saturated heterocycles. The van der Waals surface area contributed by atoms with Gasteiger partial charge in [-0.15, -0.1) is 0 Å². The van der Waals surface area contributed by atoms with E-state index in [0.29, 0.717) is 5.41 Å². The van der Waals surface area contributed by atoms with Gasteiger partial charge < -0.3 is 4.74 Å². The lowest BCUT2D eigenvalue weighted by Crippen LogP contribution is -2.22. The number of ether oxygens (including phenoxy) is 1. The van der Waals surface area contributed by atoms with Gasteiger partial charge in [0.05, 0.1) is 7.11 Å². The number of benzene rings is 1. The first-order chi connectivity index (χ1) is 8.99. The van der Waals surface area contributed by atoms with Crippen LogP contribution in [0.5, 0.6) is 5.75 Å². The molecule has 1 unspecified atom stereocenters. The molecule has 0 aliphatic heterocycles. The van der Waals surface area contributed by atoms with Crippen LogP contribution in [-0.4, -0.2) is 7.11 Å². The van der Waals surface area contributed by atoms with Gasteiger partial charge in [0, 0.05) is 0 Å². The fourth-order valence-electron chi connectivity index (χ4n) is 2.84. The zero-order valence-electron chi connectivity index (χ0n) is 12.7. The first-order valence-corrected chi connectivity index (χ1v) is 7.30. The van der Waals surface area contributed by atoms with Crippen molar-refractivity contribution in [2.24, 2.45) is 11.3 Å². The maximum Gasteiger partial charge on any atom is 0.118 e. The zero-order valence-corrected chi connectivity index (χ0v) is 12.7. The van der Waals surface area contributed by atoms with E-state index in [1.54, 1.807) is 12.7 Å². The van der Waals surface area contributed by atoms with Gasteiger partial charge in [0.1, 0.15) is 5.75 Å². The average molecular weight is 258 g/mol. The highest BCUT2D eigenvalue weighted by Crippen LogP contribution is 2.37. The van der Waals surface area contributed by atoms with Crippen LogP contribution in [-0.2, 0) is 6.42 Å². The fourth-order valence-corrected chi connectivity index (χ4v) is 2.84. The molecule has 1 aliphatic carbocycles. The fraction of sp³-hybridized carbons (Fsp3) is 0.556. The third-order valence-electron chi connectivity index (χ3n) is 4.32. The second-order valence-corrected chi connectivity index (χ2v) is 6.72. The summed E-state index contributed by atoms with van der Waals surface area (Å²) in [6, 6.07) is 8.46. The molecule has 1 nitrogen and oxygen atoms in total. The van der Waals surface area contributed by atoms with Crippen molar-refractivity contribution in [1.29, 1.82) is 0 Å². The summed E-state index contributed by atoms with van der Waals surface area (Å²) >= 11 is 0. The van der Waals surface area contributed by atoms with Crippen molar-refractivity contribution in [3.05, 3.63) is 41.5 Å². The lowest BCUT2D eigenvalue weighted by molar-refractivity contribution is 0.220. The molecule has 0 radical (unpaired) electrons. The second-order valence-electron chi connectivity index (χ2n) is 6.72. The molecular formula is C18H26O. The number of methoxy groups -OCH3 is 1. The Morgan fingerprint density at radius 2 is 1.84 bits per heavy atom. The molecule has 0 aromatic heterocycles. The zero-order chi connectivity index (χ0) is 13.9. The molecule has 104 valence electrons. The molecular weight excluding hydrogens is 232 g/mol. The number of rotatable bonds is 3. The lowest BCUT2D eigenvalue weighted by Gasteiger charge is -2.33. The molecule has 0 amide bonds. The third kappa shape index (κ3) is 3.86. The predicted octanol–water partition coefficient (Wildman–Crippen LogP) is 5.01. The van der Waals surface area contributed by atoms with E-state index < -0.39 is 0 Å². The number of hydrogen-bond acceptors (Lipinski definition) is 1. The van der Waals surface area contributed by atoms with Crippen molar-refractivity contribution in [2.45, 2.75) is 46.5 Å². The molecule has 0 heterocycles. The van der Waals surface area contributed by atoms with Crippen LogP contribution >= 0.6 is 0 Å². The standard InChI is InChI=1S/C18H26O/c1-18(2,3)16-9-5-14(6-10-16)13-15-7-11-17(19-4)12-8-15/h5,7-8,11-12,16H,6,9-10,13H2,1-4H3.